The van der Waals surface area contributed by atoms with Crippen molar-refractivity contribution < 1.29 is 18.7 Å². The molecule has 2 aromatic rings. The second kappa shape index (κ2) is 8.15. The largest absolute Gasteiger partial charge is 0.496 e. The molecule has 3 rings (SSSR count). The van der Waals surface area contributed by atoms with Gasteiger partial charge in [-0.3, -0.25) is 9.59 Å². The van der Waals surface area contributed by atoms with E-state index in [4.69, 9.17) is 27.9 Å². The van der Waals surface area contributed by atoms with Gasteiger partial charge in [0.15, 0.2) is 0 Å². The third-order valence-corrected chi connectivity index (χ3v) is 4.87. The Kier molecular flexibility index (Phi) is 5.87. The Morgan fingerprint density at radius 3 is 2.59 bits per heavy atom. The lowest BCUT2D eigenvalue weighted by atomic mass is 10.1. The van der Waals surface area contributed by atoms with Crippen LogP contribution in [0.3, 0.4) is 0 Å². The summed E-state index contributed by atoms with van der Waals surface area (Å²) < 4.78 is 19.2. The van der Waals surface area contributed by atoms with Crippen LogP contribution in [0, 0.1) is 5.82 Å². The number of nitrogens with one attached hydrogen (secondary N) is 1. The Morgan fingerprint density at radius 2 is 1.89 bits per heavy atom. The van der Waals surface area contributed by atoms with Crippen molar-refractivity contribution in [3.63, 3.8) is 0 Å². The Hall–Kier alpha value is -2.31. The van der Waals surface area contributed by atoms with Crippen molar-refractivity contribution in [3.8, 4) is 5.75 Å². The number of ether oxygens (including phenoxy) is 1. The molecule has 0 bridgehead atoms. The van der Waals surface area contributed by atoms with Gasteiger partial charge in [0.1, 0.15) is 17.6 Å². The lowest BCUT2D eigenvalue weighted by Gasteiger charge is -2.25. The number of hydrogen-bond acceptors (Lipinski definition) is 3. The lowest BCUT2D eigenvalue weighted by Crippen LogP contribution is -2.43. The van der Waals surface area contributed by atoms with Gasteiger partial charge in [0.2, 0.25) is 5.91 Å². The molecule has 0 saturated carbocycles. The third kappa shape index (κ3) is 4.17. The van der Waals surface area contributed by atoms with Crippen LogP contribution in [-0.2, 0) is 4.79 Å². The summed E-state index contributed by atoms with van der Waals surface area (Å²) >= 11 is 11.7. The predicted octanol–water partition coefficient (Wildman–Crippen LogP) is 4.38. The Labute approximate surface area is 166 Å². The van der Waals surface area contributed by atoms with Crippen LogP contribution in [0.5, 0.6) is 5.75 Å². The van der Waals surface area contributed by atoms with Gasteiger partial charge in [-0.25, -0.2) is 4.39 Å². The Morgan fingerprint density at radius 1 is 1.19 bits per heavy atom. The van der Waals surface area contributed by atoms with E-state index in [9.17, 15) is 14.0 Å². The quantitative estimate of drug-likeness (QED) is 0.812. The highest BCUT2D eigenvalue weighted by molar-refractivity contribution is 6.31. The number of likely N-dealkylation sites (tertiary alicyclic amines) is 1. The van der Waals surface area contributed by atoms with Gasteiger partial charge in [0.25, 0.3) is 5.91 Å². The van der Waals surface area contributed by atoms with Crippen LogP contribution in [0.1, 0.15) is 23.2 Å². The third-order valence-electron chi connectivity index (χ3n) is 4.40. The summed E-state index contributed by atoms with van der Waals surface area (Å²) in [5.41, 5.74) is 0.298. The maximum Gasteiger partial charge on any atom is 0.258 e. The molecule has 2 amide bonds. The smallest absolute Gasteiger partial charge is 0.258 e. The SMILES string of the molecule is COc1ccc(Cl)cc1C(=O)N1CCC[C@H]1C(=O)Nc1ccc(Cl)cc1F. The van der Waals surface area contributed by atoms with E-state index in [-0.39, 0.29) is 22.2 Å². The molecule has 0 unspecified atom stereocenters. The molecule has 0 aromatic heterocycles. The number of rotatable bonds is 4. The minimum absolute atomic E-state index is 0.0176. The number of amides is 2. The van der Waals surface area contributed by atoms with Crippen LogP contribution >= 0.6 is 23.2 Å². The number of anilines is 1. The number of halogens is 3. The molecular weight excluding hydrogens is 394 g/mol. The highest BCUT2D eigenvalue weighted by Crippen LogP contribution is 2.28. The van der Waals surface area contributed by atoms with Crippen molar-refractivity contribution in [2.45, 2.75) is 18.9 Å². The molecule has 142 valence electrons. The lowest BCUT2D eigenvalue weighted by molar-refractivity contribution is -0.119. The highest BCUT2D eigenvalue weighted by atomic mass is 35.5. The number of benzene rings is 2. The van der Waals surface area contributed by atoms with Crippen molar-refractivity contribution in [1.29, 1.82) is 0 Å². The zero-order valence-corrected chi connectivity index (χ0v) is 16.0. The van der Waals surface area contributed by atoms with Crippen LogP contribution in [-0.4, -0.2) is 36.4 Å². The molecule has 2 aromatic carbocycles. The van der Waals surface area contributed by atoms with Gasteiger partial charge in [-0.1, -0.05) is 23.2 Å². The Balaban J connectivity index is 1.81. The van der Waals surface area contributed by atoms with Crippen molar-refractivity contribution >= 4 is 40.7 Å². The average Bonchev–Trinajstić information content (AvgIpc) is 3.13. The van der Waals surface area contributed by atoms with Gasteiger partial charge in [-0.2, -0.15) is 0 Å². The summed E-state index contributed by atoms with van der Waals surface area (Å²) in [6.07, 6.45) is 1.14. The number of carbonyl (C=O) groups excluding carboxylic acids is 2. The molecule has 1 aliphatic heterocycles. The summed E-state index contributed by atoms with van der Waals surface area (Å²) in [5.74, 6) is -1.07. The van der Waals surface area contributed by atoms with Crippen molar-refractivity contribution in [3.05, 3.63) is 57.8 Å². The minimum Gasteiger partial charge on any atom is -0.496 e. The van der Waals surface area contributed by atoms with Gasteiger partial charge >= 0.3 is 0 Å². The zero-order valence-electron chi connectivity index (χ0n) is 14.5. The van der Waals surface area contributed by atoms with Gasteiger partial charge in [-0.15, -0.1) is 0 Å². The standard InChI is InChI=1S/C19H17Cl2FN2O3/c1-27-17-7-5-11(20)9-13(17)19(26)24-8-2-3-16(24)18(25)23-15-6-4-12(21)10-14(15)22/h4-7,9-10,16H,2-3,8H2,1H3,(H,23,25)/t16-/m0/s1. The summed E-state index contributed by atoms with van der Waals surface area (Å²) in [6, 6.07) is 8.00. The first-order chi connectivity index (χ1) is 12.9. The molecule has 5 nitrogen and oxygen atoms in total. The van der Waals surface area contributed by atoms with Crippen molar-refractivity contribution in [2.24, 2.45) is 0 Å². The molecule has 1 heterocycles. The number of nitrogens with zero attached hydrogens (tertiary/aromatic N) is 1. The first-order valence-electron chi connectivity index (χ1n) is 8.31. The van der Waals surface area contributed by atoms with E-state index in [0.29, 0.717) is 30.2 Å². The van der Waals surface area contributed by atoms with E-state index in [2.05, 4.69) is 5.32 Å². The first-order valence-corrected chi connectivity index (χ1v) is 9.06. The molecular formula is C19H17Cl2FN2O3. The maximum absolute atomic E-state index is 14.0. The van der Waals surface area contributed by atoms with Gasteiger partial charge < -0.3 is 15.0 Å². The van der Waals surface area contributed by atoms with E-state index in [1.165, 1.54) is 30.2 Å². The second-order valence-electron chi connectivity index (χ2n) is 6.11. The Bertz CT molecular complexity index is 891. The molecule has 0 aliphatic carbocycles. The molecule has 1 fully saturated rings. The second-order valence-corrected chi connectivity index (χ2v) is 6.99. The summed E-state index contributed by atoms with van der Waals surface area (Å²) in [7, 11) is 1.46. The van der Waals surface area contributed by atoms with Crippen LogP contribution in [0.4, 0.5) is 10.1 Å². The van der Waals surface area contributed by atoms with Crippen LogP contribution < -0.4 is 10.1 Å². The van der Waals surface area contributed by atoms with E-state index in [1.54, 1.807) is 12.1 Å². The van der Waals surface area contributed by atoms with E-state index < -0.39 is 17.8 Å². The van der Waals surface area contributed by atoms with Gasteiger partial charge in [0, 0.05) is 16.6 Å². The van der Waals surface area contributed by atoms with E-state index >= 15 is 0 Å². The number of hydrogen-bond donors (Lipinski definition) is 1. The molecule has 8 heteroatoms. The summed E-state index contributed by atoms with van der Waals surface area (Å²) in [5, 5.41) is 3.16. The highest BCUT2D eigenvalue weighted by Gasteiger charge is 2.35. The van der Waals surface area contributed by atoms with Gasteiger partial charge in [-0.05, 0) is 49.2 Å². The molecule has 1 aliphatic rings. The van der Waals surface area contributed by atoms with Crippen molar-refractivity contribution in [2.75, 3.05) is 19.0 Å². The topological polar surface area (TPSA) is 58.6 Å². The van der Waals surface area contributed by atoms with E-state index in [0.717, 1.165) is 6.07 Å². The fraction of sp³-hybridized carbons (Fsp3) is 0.263. The van der Waals surface area contributed by atoms with E-state index in [1.807, 2.05) is 0 Å². The summed E-state index contributed by atoms with van der Waals surface area (Å²) in [6.45, 7) is 0.412. The molecule has 27 heavy (non-hydrogen) atoms. The molecule has 1 atom stereocenters. The van der Waals surface area contributed by atoms with Crippen LogP contribution in [0.15, 0.2) is 36.4 Å². The predicted molar refractivity (Wildman–Crippen MR) is 102 cm³/mol. The van der Waals surface area contributed by atoms with Crippen LogP contribution in [0.2, 0.25) is 10.0 Å². The molecule has 0 radical (unpaired) electrons. The molecule has 1 saturated heterocycles. The van der Waals surface area contributed by atoms with Crippen molar-refractivity contribution in [1.82, 2.24) is 4.90 Å². The fourth-order valence-electron chi connectivity index (χ4n) is 3.09. The fourth-order valence-corrected chi connectivity index (χ4v) is 3.42. The average molecular weight is 411 g/mol. The first kappa shape index (κ1) is 19.5. The number of carbonyl (C=O) groups is 2. The normalized spacial score (nSPS) is 16.3. The molecule has 0 spiro atoms. The number of methoxy groups -OCH3 is 1. The summed E-state index contributed by atoms with van der Waals surface area (Å²) in [4.78, 5) is 27.1. The minimum atomic E-state index is -0.712. The van der Waals surface area contributed by atoms with Crippen LogP contribution in [0.25, 0.3) is 0 Å². The maximum atomic E-state index is 14.0. The monoisotopic (exact) mass is 410 g/mol. The van der Waals surface area contributed by atoms with Gasteiger partial charge in [0.05, 0.1) is 18.4 Å². The molecule has 1 N–H and O–H groups in total. The zero-order chi connectivity index (χ0) is 19.6.